The second-order valence-electron chi connectivity index (χ2n) is 7.10. The Kier molecular flexibility index (Phi) is 5.60. The van der Waals surface area contributed by atoms with Crippen molar-refractivity contribution in [1.82, 2.24) is 4.90 Å². The highest BCUT2D eigenvalue weighted by Gasteiger charge is 2.16. The maximum atomic E-state index is 5.67. The molecule has 4 heteroatoms. The molecule has 0 aromatic heterocycles. The van der Waals surface area contributed by atoms with E-state index in [1.165, 1.54) is 43.7 Å². The number of aryl methyl sites for hydroxylation is 1. The van der Waals surface area contributed by atoms with Crippen molar-refractivity contribution < 1.29 is 9.47 Å². The van der Waals surface area contributed by atoms with Gasteiger partial charge < -0.3 is 14.4 Å². The molecule has 1 fully saturated rings. The fourth-order valence-electron chi connectivity index (χ4n) is 3.78. The van der Waals surface area contributed by atoms with Crippen LogP contribution in [0.3, 0.4) is 0 Å². The van der Waals surface area contributed by atoms with E-state index in [2.05, 4.69) is 52.3 Å². The highest BCUT2D eigenvalue weighted by atomic mass is 16.6. The van der Waals surface area contributed by atoms with Crippen LogP contribution in [0.5, 0.6) is 11.5 Å². The number of benzene rings is 2. The van der Waals surface area contributed by atoms with Gasteiger partial charge in [-0.2, -0.15) is 0 Å². The molecule has 1 saturated heterocycles. The molecule has 2 aliphatic rings. The van der Waals surface area contributed by atoms with Crippen molar-refractivity contribution in [2.75, 3.05) is 50.8 Å². The molecule has 0 amide bonds. The van der Waals surface area contributed by atoms with E-state index in [0.29, 0.717) is 13.2 Å². The van der Waals surface area contributed by atoms with Gasteiger partial charge in [0.2, 0.25) is 0 Å². The number of piperazine rings is 1. The van der Waals surface area contributed by atoms with E-state index in [9.17, 15) is 0 Å². The zero-order chi connectivity index (χ0) is 17.6. The standard InChI is InChI=1S/C22H28N2O2/c1-2-7-20(8-3-1)24-14-12-23(13-15-24)11-5-4-6-19-9-10-21-22(18-19)26-17-16-25-21/h1-3,7-10,18H,4-6,11-17H2. The van der Waals surface area contributed by atoms with Gasteiger partial charge >= 0.3 is 0 Å². The van der Waals surface area contributed by atoms with E-state index in [-0.39, 0.29) is 0 Å². The van der Waals surface area contributed by atoms with Crippen LogP contribution < -0.4 is 14.4 Å². The van der Waals surface area contributed by atoms with Crippen molar-refractivity contribution in [3.05, 3.63) is 54.1 Å². The zero-order valence-corrected chi connectivity index (χ0v) is 15.4. The van der Waals surface area contributed by atoms with Crippen LogP contribution in [0.15, 0.2) is 48.5 Å². The molecule has 2 aromatic rings. The van der Waals surface area contributed by atoms with E-state index >= 15 is 0 Å². The summed E-state index contributed by atoms with van der Waals surface area (Å²) >= 11 is 0. The Morgan fingerprint density at radius 3 is 2.35 bits per heavy atom. The summed E-state index contributed by atoms with van der Waals surface area (Å²) in [5, 5.41) is 0. The van der Waals surface area contributed by atoms with Gasteiger partial charge in [-0.3, -0.25) is 4.90 Å². The van der Waals surface area contributed by atoms with Crippen molar-refractivity contribution >= 4 is 5.69 Å². The summed E-state index contributed by atoms with van der Waals surface area (Å²) in [5.74, 6) is 1.79. The van der Waals surface area contributed by atoms with Crippen LogP contribution in [0.2, 0.25) is 0 Å². The molecule has 2 aromatic carbocycles. The van der Waals surface area contributed by atoms with Gasteiger partial charge in [-0.15, -0.1) is 0 Å². The third-order valence-electron chi connectivity index (χ3n) is 5.29. The van der Waals surface area contributed by atoms with Crippen LogP contribution >= 0.6 is 0 Å². The maximum Gasteiger partial charge on any atom is 0.161 e. The molecule has 0 atom stereocenters. The van der Waals surface area contributed by atoms with Gasteiger partial charge in [0.25, 0.3) is 0 Å². The third-order valence-corrected chi connectivity index (χ3v) is 5.29. The number of unbranched alkanes of at least 4 members (excludes halogenated alkanes) is 1. The molecule has 0 saturated carbocycles. The molecule has 0 radical (unpaired) electrons. The second kappa shape index (κ2) is 8.45. The Labute approximate surface area is 156 Å². The summed E-state index contributed by atoms with van der Waals surface area (Å²) < 4.78 is 11.3. The number of ether oxygens (including phenoxy) is 2. The number of rotatable bonds is 6. The van der Waals surface area contributed by atoms with Gasteiger partial charge in [-0.05, 0) is 55.6 Å². The quantitative estimate of drug-likeness (QED) is 0.742. The van der Waals surface area contributed by atoms with E-state index in [1.807, 2.05) is 6.07 Å². The van der Waals surface area contributed by atoms with Gasteiger partial charge in [0.15, 0.2) is 11.5 Å². The SMILES string of the molecule is c1ccc(N2CCN(CCCCc3ccc4c(c3)OCCO4)CC2)cc1. The molecule has 2 aliphatic heterocycles. The predicted octanol–water partition coefficient (Wildman–Crippen LogP) is 3.60. The molecule has 0 bridgehead atoms. The first-order valence-electron chi connectivity index (χ1n) is 9.79. The lowest BCUT2D eigenvalue weighted by atomic mass is 10.1. The first-order chi connectivity index (χ1) is 12.9. The van der Waals surface area contributed by atoms with Crippen LogP contribution in [0.4, 0.5) is 5.69 Å². The van der Waals surface area contributed by atoms with Gasteiger partial charge in [-0.1, -0.05) is 24.3 Å². The Bertz CT molecular complexity index is 697. The first kappa shape index (κ1) is 17.2. The molecule has 26 heavy (non-hydrogen) atoms. The van der Waals surface area contributed by atoms with Gasteiger partial charge in [0, 0.05) is 31.9 Å². The summed E-state index contributed by atoms with van der Waals surface area (Å²) in [6.07, 6.45) is 3.58. The van der Waals surface area contributed by atoms with E-state index in [1.54, 1.807) is 0 Å². The minimum absolute atomic E-state index is 0.657. The Morgan fingerprint density at radius 2 is 1.54 bits per heavy atom. The molecule has 0 unspecified atom stereocenters. The minimum atomic E-state index is 0.657. The van der Waals surface area contributed by atoms with E-state index < -0.39 is 0 Å². The van der Waals surface area contributed by atoms with Gasteiger partial charge in [0.1, 0.15) is 13.2 Å². The lowest BCUT2D eigenvalue weighted by molar-refractivity contribution is 0.171. The van der Waals surface area contributed by atoms with Crippen LogP contribution in [-0.2, 0) is 6.42 Å². The monoisotopic (exact) mass is 352 g/mol. The van der Waals surface area contributed by atoms with Crippen molar-refractivity contribution in [2.45, 2.75) is 19.3 Å². The van der Waals surface area contributed by atoms with Crippen molar-refractivity contribution in [3.63, 3.8) is 0 Å². The first-order valence-corrected chi connectivity index (χ1v) is 9.79. The third kappa shape index (κ3) is 4.31. The Morgan fingerprint density at radius 1 is 0.769 bits per heavy atom. The molecular formula is C22H28N2O2. The van der Waals surface area contributed by atoms with E-state index in [0.717, 1.165) is 31.0 Å². The van der Waals surface area contributed by atoms with Crippen LogP contribution in [0.1, 0.15) is 18.4 Å². The lowest BCUT2D eigenvalue weighted by Crippen LogP contribution is -2.46. The molecule has 0 spiro atoms. The van der Waals surface area contributed by atoms with Gasteiger partial charge in [0.05, 0.1) is 0 Å². The number of fused-ring (bicyclic) bond motifs is 1. The molecule has 4 rings (SSSR count). The summed E-state index contributed by atoms with van der Waals surface area (Å²) in [7, 11) is 0. The average Bonchev–Trinajstić information content (AvgIpc) is 2.72. The second-order valence-corrected chi connectivity index (χ2v) is 7.10. The molecular weight excluding hydrogens is 324 g/mol. The predicted molar refractivity (Wildman–Crippen MR) is 105 cm³/mol. The van der Waals surface area contributed by atoms with Crippen molar-refractivity contribution in [1.29, 1.82) is 0 Å². The van der Waals surface area contributed by atoms with Crippen molar-refractivity contribution in [2.24, 2.45) is 0 Å². The molecule has 4 nitrogen and oxygen atoms in total. The largest absolute Gasteiger partial charge is 0.486 e. The summed E-state index contributed by atoms with van der Waals surface area (Å²) in [6, 6.07) is 17.1. The Hall–Kier alpha value is -2.20. The number of nitrogens with zero attached hydrogens (tertiary/aromatic N) is 2. The minimum Gasteiger partial charge on any atom is -0.486 e. The average molecular weight is 352 g/mol. The molecule has 2 heterocycles. The zero-order valence-electron chi connectivity index (χ0n) is 15.4. The highest BCUT2D eigenvalue weighted by Crippen LogP contribution is 2.31. The maximum absolute atomic E-state index is 5.67. The molecule has 0 N–H and O–H groups in total. The summed E-state index contributed by atoms with van der Waals surface area (Å²) in [6.45, 7) is 7.11. The number of anilines is 1. The summed E-state index contributed by atoms with van der Waals surface area (Å²) in [4.78, 5) is 5.09. The lowest BCUT2D eigenvalue weighted by Gasteiger charge is -2.36. The van der Waals surface area contributed by atoms with Gasteiger partial charge in [-0.25, -0.2) is 0 Å². The topological polar surface area (TPSA) is 24.9 Å². The highest BCUT2D eigenvalue weighted by molar-refractivity contribution is 5.46. The van der Waals surface area contributed by atoms with Crippen molar-refractivity contribution in [3.8, 4) is 11.5 Å². The smallest absolute Gasteiger partial charge is 0.161 e. The number of hydrogen-bond donors (Lipinski definition) is 0. The fourth-order valence-corrected chi connectivity index (χ4v) is 3.78. The molecule has 138 valence electrons. The van der Waals surface area contributed by atoms with Crippen LogP contribution in [0.25, 0.3) is 0 Å². The Balaban J connectivity index is 1.17. The van der Waals surface area contributed by atoms with Crippen LogP contribution in [0, 0.1) is 0 Å². The van der Waals surface area contributed by atoms with Crippen LogP contribution in [-0.4, -0.2) is 50.8 Å². The number of hydrogen-bond acceptors (Lipinski definition) is 4. The van der Waals surface area contributed by atoms with E-state index in [4.69, 9.17) is 9.47 Å². The number of para-hydroxylation sites is 1. The summed E-state index contributed by atoms with van der Waals surface area (Å²) in [5.41, 5.74) is 2.70. The molecule has 0 aliphatic carbocycles. The normalized spacial score (nSPS) is 17.3. The fraction of sp³-hybridized carbons (Fsp3) is 0.455.